The number of halogens is 1. The molecular weight excluding hydrogens is 313 g/mol. The summed E-state index contributed by atoms with van der Waals surface area (Å²) in [7, 11) is 0. The van der Waals surface area contributed by atoms with Crippen LogP contribution in [0, 0.1) is 5.82 Å². The highest BCUT2D eigenvalue weighted by molar-refractivity contribution is 5.85. The van der Waals surface area contributed by atoms with E-state index >= 15 is 0 Å². The molecule has 1 fully saturated rings. The van der Waals surface area contributed by atoms with E-state index in [0.717, 1.165) is 29.3 Å². The molecule has 1 aromatic heterocycles. The van der Waals surface area contributed by atoms with Crippen LogP contribution in [0.3, 0.4) is 0 Å². The van der Waals surface area contributed by atoms with Gasteiger partial charge in [0.25, 0.3) is 0 Å². The first-order valence-corrected chi connectivity index (χ1v) is 9.22. The SMILES string of the molecule is OCCc1c(C2CCC(c3ccccc3)CC2)[nH]c2ccc(F)cc12. The van der Waals surface area contributed by atoms with Crippen LogP contribution in [0.2, 0.25) is 0 Å². The molecule has 1 heterocycles. The summed E-state index contributed by atoms with van der Waals surface area (Å²) in [4.78, 5) is 3.52. The van der Waals surface area contributed by atoms with Crippen LogP contribution in [-0.4, -0.2) is 16.7 Å². The van der Waals surface area contributed by atoms with E-state index < -0.39 is 0 Å². The second-order valence-corrected chi connectivity index (χ2v) is 7.14. The van der Waals surface area contributed by atoms with Crippen molar-refractivity contribution in [3.05, 3.63) is 71.2 Å². The van der Waals surface area contributed by atoms with Gasteiger partial charge in [-0.05, 0) is 73.3 Å². The molecule has 3 heteroatoms. The van der Waals surface area contributed by atoms with E-state index in [2.05, 4.69) is 35.3 Å². The number of aliphatic hydroxyl groups excluding tert-OH is 1. The predicted octanol–water partition coefficient (Wildman–Crippen LogP) is 5.28. The Kier molecular flexibility index (Phi) is 4.58. The fourth-order valence-corrected chi connectivity index (χ4v) is 4.41. The average Bonchev–Trinajstić information content (AvgIpc) is 3.01. The maximum absolute atomic E-state index is 13.7. The molecule has 2 N–H and O–H groups in total. The molecule has 0 unspecified atom stereocenters. The number of aromatic nitrogens is 1. The van der Waals surface area contributed by atoms with Crippen LogP contribution in [0.25, 0.3) is 10.9 Å². The van der Waals surface area contributed by atoms with Crippen LogP contribution in [0.1, 0.15) is 54.3 Å². The number of hydrogen-bond acceptors (Lipinski definition) is 1. The topological polar surface area (TPSA) is 36.0 Å². The summed E-state index contributed by atoms with van der Waals surface area (Å²) in [5.74, 6) is 0.891. The predicted molar refractivity (Wildman–Crippen MR) is 99.4 cm³/mol. The van der Waals surface area contributed by atoms with Crippen LogP contribution in [0.4, 0.5) is 4.39 Å². The Bertz CT molecular complexity index is 847. The van der Waals surface area contributed by atoms with Crippen molar-refractivity contribution in [2.24, 2.45) is 0 Å². The third-order valence-corrected chi connectivity index (χ3v) is 5.67. The van der Waals surface area contributed by atoms with E-state index in [1.165, 1.54) is 30.2 Å². The normalized spacial score (nSPS) is 20.9. The molecule has 0 amide bonds. The van der Waals surface area contributed by atoms with E-state index in [4.69, 9.17) is 0 Å². The standard InChI is InChI=1S/C22H24FNO/c23-18-10-11-21-20(14-18)19(12-13-25)22(24-21)17-8-6-16(7-9-17)15-4-2-1-3-5-15/h1-5,10-11,14,16-17,24-25H,6-9,12-13H2. The summed E-state index contributed by atoms with van der Waals surface area (Å²) in [5.41, 5.74) is 4.72. The Morgan fingerprint density at radius 3 is 2.40 bits per heavy atom. The Balaban J connectivity index is 1.59. The van der Waals surface area contributed by atoms with Gasteiger partial charge < -0.3 is 10.1 Å². The zero-order valence-corrected chi connectivity index (χ0v) is 14.3. The number of rotatable bonds is 4. The van der Waals surface area contributed by atoms with Gasteiger partial charge in [0, 0.05) is 23.2 Å². The molecule has 2 nitrogen and oxygen atoms in total. The van der Waals surface area contributed by atoms with E-state index in [1.54, 1.807) is 6.07 Å². The third-order valence-electron chi connectivity index (χ3n) is 5.67. The highest BCUT2D eigenvalue weighted by Gasteiger charge is 2.26. The van der Waals surface area contributed by atoms with E-state index in [9.17, 15) is 9.50 Å². The Hall–Kier alpha value is -2.13. The lowest BCUT2D eigenvalue weighted by Gasteiger charge is -2.29. The second kappa shape index (κ2) is 7.01. The summed E-state index contributed by atoms with van der Waals surface area (Å²) in [6.45, 7) is 0.0931. The zero-order chi connectivity index (χ0) is 17.2. The minimum atomic E-state index is -0.218. The summed E-state index contributed by atoms with van der Waals surface area (Å²) in [6.07, 6.45) is 5.20. The molecule has 0 aliphatic heterocycles. The van der Waals surface area contributed by atoms with Crippen molar-refractivity contribution in [1.29, 1.82) is 0 Å². The van der Waals surface area contributed by atoms with Gasteiger partial charge in [0.2, 0.25) is 0 Å². The van der Waals surface area contributed by atoms with Gasteiger partial charge in [0.05, 0.1) is 0 Å². The molecule has 0 saturated heterocycles. The van der Waals surface area contributed by atoms with Gasteiger partial charge >= 0.3 is 0 Å². The van der Waals surface area contributed by atoms with Gasteiger partial charge in [-0.15, -0.1) is 0 Å². The molecule has 1 aliphatic rings. The minimum Gasteiger partial charge on any atom is -0.396 e. The number of hydrogen-bond donors (Lipinski definition) is 2. The summed E-state index contributed by atoms with van der Waals surface area (Å²) >= 11 is 0. The summed E-state index contributed by atoms with van der Waals surface area (Å²) in [6, 6.07) is 15.7. The first-order valence-electron chi connectivity index (χ1n) is 9.22. The van der Waals surface area contributed by atoms with Crippen molar-refractivity contribution in [3.63, 3.8) is 0 Å². The summed E-state index contributed by atoms with van der Waals surface area (Å²) < 4.78 is 13.7. The minimum absolute atomic E-state index is 0.0931. The van der Waals surface area contributed by atoms with Crippen LogP contribution in [0.15, 0.2) is 48.5 Å². The molecule has 0 bridgehead atoms. The molecule has 3 aromatic rings. The molecule has 130 valence electrons. The second-order valence-electron chi connectivity index (χ2n) is 7.14. The molecule has 0 atom stereocenters. The number of H-pyrrole nitrogens is 1. The van der Waals surface area contributed by atoms with Crippen molar-refractivity contribution in [3.8, 4) is 0 Å². The molecule has 1 aliphatic carbocycles. The van der Waals surface area contributed by atoms with Gasteiger partial charge in [-0.2, -0.15) is 0 Å². The first-order chi connectivity index (χ1) is 12.3. The largest absolute Gasteiger partial charge is 0.396 e. The number of aromatic amines is 1. The Morgan fingerprint density at radius 1 is 0.960 bits per heavy atom. The van der Waals surface area contributed by atoms with Gasteiger partial charge in [0.1, 0.15) is 5.82 Å². The quantitative estimate of drug-likeness (QED) is 0.667. The molecule has 25 heavy (non-hydrogen) atoms. The lowest BCUT2D eigenvalue weighted by Crippen LogP contribution is -2.14. The van der Waals surface area contributed by atoms with E-state index in [1.807, 2.05) is 6.07 Å². The highest BCUT2D eigenvalue weighted by atomic mass is 19.1. The van der Waals surface area contributed by atoms with Crippen LogP contribution in [0.5, 0.6) is 0 Å². The lowest BCUT2D eigenvalue weighted by molar-refractivity contribution is 0.298. The molecule has 4 rings (SSSR count). The number of aliphatic hydroxyl groups is 1. The lowest BCUT2D eigenvalue weighted by atomic mass is 9.77. The van der Waals surface area contributed by atoms with Crippen molar-refractivity contribution in [2.45, 2.75) is 43.9 Å². The maximum Gasteiger partial charge on any atom is 0.123 e. The van der Waals surface area contributed by atoms with Crippen LogP contribution < -0.4 is 0 Å². The van der Waals surface area contributed by atoms with Gasteiger partial charge in [-0.25, -0.2) is 4.39 Å². The molecular formula is C22H24FNO. The Morgan fingerprint density at radius 2 is 1.68 bits per heavy atom. The van der Waals surface area contributed by atoms with Crippen molar-refractivity contribution >= 4 is 10.9 Å². The zero-order valence-electron chi connectivity index (χ0n) is 14.3. The van der Waals surface area contributed by atoms with Crippen molar-refractivity contribution in [2.75, 3.05) is 6.61 Å². The fraction of sp³-hybridized carbons (Fsp3) is 0.364. The Labute approximate surface area is 147 Å². The third kappa shape index (κ3) is 3.21. The monoisotopic (exact) mass is 337 g/mol. The number of fused-ring (bicyclic) bond motifs is 1. The first kappa shape index (κ1) is 16.3. The van der Waals surface area contributed by atoms with Gasteiger partial charge in [0.15, 0.2) is 0 Å². The summed E-state index contributed by atoms with van der Waals surface area (Å²) in [5, 5.41) is 10.4. The van der Waals surface area contributed by atoms with Crippen molar-refractivity contribution in [1.82, 2.24) is 4.98 Å². The molecule has 0 radical (unpaired) electrons. The van der Waals surface area contributed by atoms with E-state index in [-0.39, 0.29) is 12.4 Å². The van der Waals surface area contributed by atoms with Gasteiger partial charge in [-0.1, -0.05) is 30.3 Å². The van der Waals surface area contributed by atoms with Crippen LogP contribution in [-0.2, 0) is 6.42 Å². The van der Waals surface area contributed by atoms with Gasteiger partial charge in [-0.3, -0.25) is 0 Å². The van der Waals surface area contributed by atoms with Crippen LogP contribution >= 0.6 is 0 Å². The highest BCUT2D eigenvalue weighted by Crippen LogP contribution is 2.42. The maximum atomic E-state index is 13.7. The molecule has 2 aromatic carbocycles. The average molecular weight is 337 g/mol. The fourth-order valence-electron chi connectivity index (χ4n) is 4.41. The number of benzene rings is 2. The number of nitrogens with one attached hydrogen (secondary N) is 1. The van der Waals surface area contributed by atoms with Crippen molar-refractivity contribution < 1.29 is 9.50 Å². The molecule has 1 saturated carbocycles. The molecule has 0 spiro atoms. The smallest absolute Gasteiger partial charge is 0.123 e. The van der Waals surface area contributed by atoms with E-state index in [0.29, 0.717) is 18.3 Å².